The zero-order valence-corrected chi connectivity index (χ0v) is 12.6. The number of carbonyl (C=O) groups is 2. The molecule has 19 heavy (non-hydrogen) atoms. The second-order valence-corrected chi connectivity index (χ2v) is 5.61. The topological polar surface area (TPSA) is 60.9 Å². The van der Waals surface area contributed by atoms with E-state index < -0.39 is 12.0 Å². The average molecular weight is 270 g/mol. The van der Waals surface area contributed by atoms with Gasteiger partial charge in [0, 0.05) is 19.1 Å². The fraction of sp³-hybridized carbons (Fsp3) is 0.857. The van der Waals surface area contributed by atoms with Crippen molar-refractivity contribution in [1.82, 2.24) is 9.80 Å². The molecule has 0 saturated carbocycles. The molecular formula is C14H26N2O3. The van der Waals surface area contributed by atoms with Crippen molar-refractivity contribution >= 4 is 11.9 Å². The Hall–Kier alpha value is -1.10. The highest BCUT2D eigenvalue weighted by Crippen LogP contribution is 2.26. The van der Waals surface area contributed by atoms with Crippen LogP contribution in [0.5, 0.6) is 0 Å². The Morgan fingerprint density at radius 1 is 1.32 bits per heavy atom. The predicted molar refractivity (Wildman–Crippen MR) is 73.9 cm³/mol. The molecule has 1 saturated heterocycles. The predicted octanol–water partition coefficient (Wildman–Crippen LogP) is 1.57. The first-order valence-electron chi connectivity index (χ1n) is 7.08. The van der Waals surface area contributed by atoms with Crippen LogP contribution < -0.4 is 0 Å². The van der Waals surface area contributed by atoms with Gasteiger partial charge >= 0.3 is 5.97 Å². The second kappa shape index (κ2) is 6.37. The molecule has 1 aliphatic rings. The van der Waals surface area contributed by atoms with Crippen LogP contribution in [0.25, 0.3) is 0 Å². The van der Waals surface area contributed by atoms with Gasteiger partial charge in [0.15, 0.2) is 0 Å². The summed E-state index contributed by atoms with van der Waals surface area (Å²) < 4.78 is 0. The van der Waals surface area contributed by atoms with Crippen LogP contribution in [0.2, 0.25) is 0 Å². The molecule has 4 atom stereocenters. The average Bonchev–Trinajstić information content (AvgIpc) is 2.67. The summed E-state index contributed by atoms with van der Waals surface area (Å²) >= 11 is 0. The molecule has 0 aliphatic carbocycles. The molecule has 1 amide bonds. The molecule has 1 fully saturated rings. The fourth-order valence-corrected chi connectivity index (χ4v) is 3.17. The number of hydrogen-bond donors (Lipinski definition) is 1. The maximum atomic E-state index is 12.4. The molecule has 5 heteroatoms. The van der Waals surface area contributed by atoms with Crippen molar-refractivity contribution in [1.29, 1.82) is 0 Å². The van der Waals surface area contributed by atoms with E-state index in [4.69, 9.17) is 5.11 Å². The lowest BCUT2D eigenvalue weighted by atomic mass is 10.1. The van der Waals surface area contributed by atoms with Crippen molar-refractivity contribution in [2.75, 3.05) is 7.05 Å². The molecule has 1 N–H and O–H groups in total. The molecule has 5 nitrogen and oxygen atoms in total. The molecule has 0 radical (unpaired) electrons. The number of aliphatic carboxylic acids is 1. The van der Waals surface area contributed by atoms with E-state index in [1.807, 2.05) is 6.92 Å². The number of likely N-dealkylation sites (tertiary alicyclic amines) is 1. The zero-order chi connectivity index (χ0) is 14.7. The summed E-state index contributed by atoms with van der Waals surface area (Å²) in [7, 11) is 1.59. The number of carboxylic acid groups (broad SMARTS) is 1. The molecular weight excluding hydrogens is 244 g/mol. The van der Waals surface area contributed by atoms with E-state index in [1.54, 1.807) is 14.0 Å². The summed E-state index contributed by atoms with van der Waals surface area (Å²) in [5.74, 6) is -1.04. The van der Waals surface area contributed by atoms with Gasteiger partial charge in [-0.3, -0.25) is 9.69 Å². The van der Waals surface area contributed by atoms with Gasteiger partial charge in [-0.2, -0.15) is 0 Å². The minimum Gasteiger partial charge on any atom is -0.480 e. The molecule has 0 bridgehead atoms. The monoisotopic (exact) mass is 270 g/mol. The number of rotatable bonds is 5. The first-order valence-corrected chi connectivity index (χ1v) is 7.08. The fourth-order valence-electron chi connectivity index (χ4n) is 3.17. The number of amides is 1. The Kier molecular flexibility index (Phi) is 5.35. The van der Waals surface area contributed by atoms with Crippen LogP contribution in [-0.4, -0.2) is 58.0 Å². The lowest BCUT2D eigenvalue weighted by molar-refractivity contribution is -0.151. The molecule has 4 unspecified atom stereocenters. The van der Waals surface area contributed by atoms with Crippen molar-refractivity contribution in [2.24, 2.45) is 0 Å². The highest BCUT2D eigenvalue weighted by molar-refractivity contribution is 5.86. The van der Waals surface area contributed by atoms with Gasteiger partial charge in [-0.05, 0) is 40.0 Å². The van der Waals surface area contributed by atoms with E-state index in [2.05, 4.69) is 18.7 Å². The third-order valence-corrected chi connectivity index (χ3v) is 4.31. The van der Waals surface area contributed by atoms with Gasteiger partial charge in [-0.15, -0.1) is 0 Å². The smallest absolute Gasteiger partial charge is 0.326 e. The van der Waals surface area contributed by atoms with Crippen LogP contribution in [0.4, 0.5) is 0 Å². The molecule has 0 spiro atoms. The van der Waals surface area contributed by atoms with Crippen molar-refractivity contribution < 1.29 is 14.7 Å². The Bertz CT molecular complexity index is 336. The summed E-state index contributed by atoms with van der Waals surface area (Å²) in [5.41, 5.74) is 0. The SMILES string of the molecule is CCC(C(=O)O)N(C)C(=O)C(C)N1C(C)CCC1C. The van der Waals surface area contributed by atoms with E-state index in [9.17, 15) is 9.59 Å². The van der Waals surface area contributed by atoms with Gasteiger partial charge in [0.1, 0.15) is 6.04 Å². The van der Waals surface area contributed by atoms with Crippen LogP contribution >= 0.6 is 0 Å². The van der Waals surface area contributed by atoms with E-state index >= 15 is 0 Å². The summed E-state index contributed by atoms with van der Waals surface area (Å²) in [6.07, 6.45) is 2.62. The summed E-state index contributed by atoms with van der Waals surface area (Å²) in [6, 6.07) is -0.228. The van der Waals surface area contributed by atoms with Crippen molar-refractivity contribution in [3.05, 3.63) is 0 Å². The summed E-state index contributed by atoms with van der Waals surface area (Å²) in [6.45, 7) is 7.92. The minimum atomic E-state index is -0.937. The van der Waals surface area contributed by atoms with Crippen LogP contribution in [0.1, 0.15) is 47.0 Å². The van der Waals surface area contributed by atoms with E-state index in [1.165, 1.54) is 4.90 Å². The number of carbonyl (C=O) groups excluding carboxylic acids is 1. The normalized spacial score (nSPS) is 27.0. The first kappa shape index (κ1) is 16.0. The molecule has 1 aliphatic heterocycles. The lowest BCUT2D eigenvalue weighted by Crippen LogP contribution is -2.53. The second-order valence-electron chi connectivity index (χ2n) is 5.61. The maximum absolute atomic E-state index is 12.4. The number of nitrogens with zero attached hydrogens (tertiary/aromatic N) is 2. The van der Waals surface area contributed by atoms with Crippen LogP contribution in [0.3, 0.4) is 0 Å². The van der Waals surface area contributed by atoms with Gasteiger partial charge < -0.3 is 10.0 Å². The number of likely N-dealkylation sites (N-methyl/N-ethyl adjacent to an activating group) is 1. The third-order valence-electron chi connectivity index (χ3n) is 4.31. The van der Waals surface area contributed by atoms with Gasteiger partial charge in [0.05, 0.1) is 6.04 Å². The van der Waals surface area contributed by atoms with Gasteiger partial charge in [-0.25, -0.2) is 4.79 Å². The van der Waals surface area contributed by atoms with Gasteiger partial charge in [-0.1, -0.05) is 6.92 Å². The molecule has 1 rings (SSSR count). The van der Waals surface area contributed by atoms with Crippen molar-refractivity contribution in [3.8, 4) is 0 Å². The van der Waals surface area contributed by atoms with Crippen LogP contribution in [0, 0.1) is 0 Å². The Morgan fingerprint density at radius 2 is 1.79 bits per heavy atom. The Morgan fingerprint density at radius 3 is 2.16 bits per heavy atom. The number of carboxylic acids is 1. The van der Waals surface area contributed by atoms with Gasteiger partial charge in [0.25, 0.3) is 0 Å². The lowest BCUT2D eigenvalue weighted by Gasteiger charge is -2.35. The quantitative estimate of drug-likeness (QED) is 0.823. The largest absolute Gasteiger partial charge is 0.480 e. The van der Waals surface area contributed by atoms with Crippen LogP contribution in [-0.2, 0) is 9.59 Å². The molecule has 110 valence electrons. The Balaban J connectivity index is 2.78. The molecule has 0 aromatic carbocycles. The minimum absolute atomic E-state index is 0.102. The van der Waals surface area contributed by atoms with Crippen LogP contribution in [0.15, 0.2) is 0 Å². The van der Waals surface area contributed by atoms with Gasteiger partial charge in [0.2, 0.25) is 5.91 Å². The maximum Gasteiger partial charge on any atom is 0.326 e. The van der Waals surface area contributed by atoms with E-state index in [-0.39, 0.29) is 11.9 Å². The molecule has 0 aromatic rings. The molecule has 1 heterocycles. The summed E-state index contributed by atoms with van der Waals surface area (Å²) in [5, 5.41) is 9.14. The Labute approximate surface area is 115 Å². The summed E-state index contributed by atoms with van der Waals surface area (Å²) in [4.78, 5) is 27.2. The van der Waals surface area contributed by atoms with Crippen molar-refractivity contribution in [2.45, 2.75) is 71.1 Å². The highest BCUT2D eigenvalue weighted by Gasteiger charge is 2.37. The van der Waals surface area contributed by atoms with E-state index in [0.29, 0.717) is 18.5 Å². The van der Waals surface area contributed by atoms with Crippen molar-refractivity contribution in [3.63, 3.8) is 0 Å². The standard InChI is InChI=1S/C14H26N2O3/c1-6-12(14(18)19)15(5)13(17)11(4)16-9(2)7-8-10(16)3/h9-12H,6-8H2,1-5H3,(H,18,19). The zero-order valence-electron chi connectivity index (χ0n) is 12.6. The third kappa shape index (κ3) is 3.26. The van der Waals surface area contributed by atoms with E-state index in [0.717, 1.165) is 12.8 Å². The highest BCUT2D eigenvalue weighted by atomic mass is 16.4. The number of hydrogen-bond acceptors (Lipinski definition) is 3. The first-order chi connectivity index (χ1) is 8.81. The molecule has 0 aromatic heterocycles.